The van der Waals surface area contributed by atoms with E-state index in [1.807, 2.05) is 0 Å². The third kappa shape index (κ3) is 11.1. The highest BCUT2D eigenvalue weighted by atomic mass is 35.5. The molecule has 6 heteroatoms. The zero-order valence-corrected chi connectivity index (χ0v) is 13.9. The maximum Gasteiger partial charge on any atom is 0.306 e. The van der Waals surface area contributed by atoms with Crippen LogP contribution in [0, 0.1) is 11.8 Å². The van der Waals surface area contributed by atoms with E-state index in [1.54, 1.807) is 14.1 Å². The second-order valence-corrected chi connectivity index (χ2v) is 5.55. The van der Waals surface area contributed by atoms with Gasteiger partial charge < -0.3 is 15.4 Å². The predicted octanol–water partition coefficient (Wildman–Crippen LogP) is 1.83. The zero-order valence-electron chi connectivity index (χ0n) is 13.1. The predicted molar refractivity (Wildman–Crippen MR) is 82.8 cm³/mol. The molecule has 0 aliphatic heterocycles. The quantitative estimate of drug-likeness (QED) is 0.521. The van der Waals surface area contributed by atoms with Crippen LogP contribution in [-0.2, 0) is 14.3 Å². The lowest BCUT2D eigenvalue weighted by molar-refractivity contribution is -0.145. The molecule has 5 nitrogen and oxygen atoms in total. The van der Waals surface area contributed by atoms with Crippen molar-refractivity contribution in [2.75, 3.05) is 27.2 Å². The fourth-order valence-electron chi connectivity index (χ4n) is 1.86. The van der Waals surface area contributed by atoms with E-state index in [0.717, 1.165) is 6.42 Å². The van der Waals surface area contributed by atoms with Gasteiger partial charge in [0.05, 0.1) is 6.61 Å². The van der Waals surface area contributed by atoms with Gasteiger partial charge in [-0.1, -0.05) is 13.8 Å². The van der Waals surface area contributed by atoms with Crippen LogP contribution in [0.1, 0.15) is 39.5 Å². The van der Waals surface area contributed by atoms with Gasteiger partial charge >= 0.3 is 5.97 Å². The molecule has 20 heavy (non-hydrogen) atoms. The molecule has 0 spiro atoms. The number of nitrogens with two attached hydrogens (primary N) is 1. The molecular weight excluding hydrogens is 280 g/mol. The van der Waals surface area contributed by atoms with Crippen molar-refractivity contribution in [2.45, 2.75) is 39.5 Å². The maximum atomic E-state index is 11.6. The summed E-state index contributed by atoms with van der Waals surface area (Å²) in [6.45, 7) is 5.03. The van der Waals surface area contributed by atoms with E-state index in [9.17, 15) is 9.59 Å². The molecule has 1 amide bonds. The molecule has 1 atom stereocenters. The minimum atomic E-state index is -0.214. The van der Waals surface area contributed by atoms with E-state index in [4.69, 9.17) is 10.5 Å². The van der Waals surface area contributed by atoms with Crippen LogP contribution in [0.15, 0.2) is 0 Å². The highest BCUT2D eigenvalue weighted by Gasteiger charge is 2.15. The number of nitrogens with zero attached hydrogens (tertiary/aromatic N) is 1. The number of amides is 1. The summed E-state index contributed by atoms with van der Waals surface area (Å²) < 4.78 is 5.12. The molecule has 0 fully saturated rings. The Kier molecular flexibility index (Phi) is 12.9. The normalized spacial score (nSPS) is 11.7. The van der Waals surface area contributed by atoms with Gasteiger partial charge in [0.25, 0.3) is 0 Å². The molecule has 0 aromatic heterocycles. The second-order valence-electron chi connectivity index (χ2n) is 5.55. The Morgan fingerprint density at radius 1 is 1.25 bits per heavy atom. The fraction of sp³-hybridized carbons (Fsp3) is 0.857. The van der Waals surface area contributed by atoms with Crippen molar-refractivity contribution in [1.82, 2.24) is 4.90 Å². The van der Waals surface area contributed by atoms with Crippen molar-refractivity contribution >= 4 is 24.3 Å². The summed E-state index contributed by atoms with van der Waals surface area (Å²) in [5, 5.41) is 0. The lowest BCUT2D eigenvalue weighted by Crippen LogP contribution is -2.23. The van der Waals surface area contributed by atoms with Gasteiger partial charge in [-0.2, -0.15) is 0 Å². The van der Waals surface area contributed by atoms with Crippen LogP contribution in [0.3, 0.4) is 0 Å². The van der Waals surface area contributed by atoms with Gasteiger partial charge in [0.15, 0.2) is 0 Å². The molecule has 0 saturated carbocycles. The highest BCUT2D eigenvalue weighted by Crippen LogP contribution is 2.14. The van der Waals surface area contributed by atoms with Crippen LogP contribution in [-0.4, -0.2) is 44.0 Å². The molecule has 0 aliphatic rings. The summed E-state index contributed by atoms with van der Waals surface area (Å²) in [4.78, 5) is 24.4. The summed E-state index contributed by atoms with van der Waals surface area (Å²) >= 11 is 0. The molecular formula is C14H29ClN2O3. The molecule has 0 radical (unpaired) electrons. The minimum absolute atomic E-state index is 0. The number of rotatable bonds is 9. The van der Waals surface area contributed by atoms with Gasteiger partial charge in [-0.15, -0.1) is 12.4 Å². The number of carbonyl (C=O) groups excluding carboxylic acids is 2. The summed E-state index contributed by atoms with van der Waals surface area (Å²) in [6, 6.07) is 0. The Morgan fingerprint density at radius 3 is 2.30 bits per heavy atom. The van der Waals surface area contributed by atoms with Crippen molar-refractivity contribution in [2.24, 2.45) is 17.6 Å². The second kappa shape index (κ2) is 12.0. The van der Waals surface area contributed by atoms with Crippen molar-refractivity contribution in [3.63, 3.8) is 0 Å². The molecule has 0 aromatic rings. The van der Waals surface area contributed by atoms with Gasteiger partial charge in [-0.05, 0) is 31.2 Å². The van der Waals surface area contributed by atoms with E-state index in [0.29, 0.717) is 38.3 Å². The smallest absolute Gasteiger partial charge is 0.306 e. The first kappa shape index (κ1) is 21.5. The number of ether oxygens (including phenoxy) is 1. The average Bonchev–Trinajstić information content (AvgIpc) is 2.32. The van der Waals surface area contributed by atoms with Crippen LogP contribution in [0.4, 0.5) is 0 Å². The monoisotopic (exact) mass is 308 g/mol. The molecule has 0 rings (SSSR count). The SMILES string of the molecule is CC(C)C[C@H](CN)CC(=O)OCCCC(=O)N(C)C.Cl. The van der Waals surface area contributed by atoms with E-state index < -0.39 is 0 Å². The van der Waals surface area contributed by atoms with Crippen molar-refractivity contribution in [3.8, 4) is 0 Å². The van der Waals surface area contributed by atoms with E-state index in [1.165, 1.54) is 4.90 Å². The third-order valence-electron chi connectivity index (χ3n) is 2.89. The molecule has 0 unspecified atom stereocenters. The van der Waals surface area contributed by atoms with E-state index in [2.05, 4.69) is 13.8 Å². The van der Waals surface area contributed by atoms with E-state index in [-0.39, 0.29) is 30.2 Å². The lowest BCUT2D eigenvalue weighted by Gasteiger charge is -2.16. The first-order chi connectivity index (χ1) is 8.86. The number of hydrogen-bond acceptors (Lipinski definition) is 4. The van der Waals surface area contributed by atoms with Crippen molar-refractivity contribution in [3.05, 3.63) is 0 Å². The van der Waals surface area contributed by atoms with Crippen LogP contribution in [0.2, 0.25) is 0 Å². The number of carbonyl (C=O) groups is 2. The minimum Gasteiger partial charge on any atom is -0.466 e. The maximum absolute atomic E-state index is 11.6. The first-order valence-electron chi connectivity index (χ1n) is 6.92. The van der Waals surface area contributed by atoms with Crippen molar-refractivity contribution < 1.29 is 14.3 Å². The molecule has 0 heterocycles. The summed E-state index contributed by atoms with van der Waals surface area (Å²) in [5.74, 6) is 0.555. The molecule has 0 bridgehead atoms. The van der Waals surface area contributed by atoms with Gasteiger partial charge in [0, 0.05) is 26.9 Å². The largest absolute Gasteiger partial charge is 0.466 e. The Morgan fingerprint density at radius 2 is 1.85 bits per heavy atom. The Hall–Kier alpha value is -0.810. The Labute approximate surface area is 128 Å². The highest BCUT2D eigenvalue weighted by molar-refractivity contribution is 5.85. The van der Waals surface area contributed by atoms with Gasteiger partial charge in [0.1, 0.15) is 0 Å². The zero-order chi connectivity index (χ0) is 14.8. The van der Waals surface area contributed by atoms with Gasteiger partial charge in [-0.3, -0.25) is 9.59 Å². The summed E-state index contributed by atoms with van der Waals surface area (Å²) in [7, 11) is 3.43. The standard InChI is InChI=1S/C14H28N2O3.ClH/c1-11(2)8-12(10-15)9-14(18)19-7-5-6-13(17)16(3)4;/h11-12H,5-10,15H2,1-4H3;1H/t12-;/m0./s1. The van der Waals surface area contributed by atoms with Crippen LogP contribution in [0.5, 0.6) is 0 Å². The fourth-order valence-corrected chi connectivity index (χ4v) is 1.86. The van der Waals surface area contributed by atoms with Crippen LogP contribution < -0.4 is 5.73 Å². The number of hydrogen-bond donors (Lipinski definition) is 1. The van der Waals surface area contributed by atoms with Crippen LogP contribution >= 0.6 is 12.4 Å². The molecule has 0 saturated heterocycles. The Balaban J connectivity index is 0. The Bertz CT molecular complexity index is 284. The average molecular weight is 309 g/mol. The van der Waals surface area contributed by atoms with Crippen LogP contribution in [0.25, 0.3) is 0 Å². The number of esters is 1. The summed E-state index contributed by atoms with van der Waals surface area (Å²) in [6.07, 6.45) is 2.29. The first-order valence-corrected chi connectivity index (χ1v) is 6.92. The topological polar surface area (TPSA) is 72.6 Å². The molecule has 0 aromatic carbocycles. The molecule has 0 aliphatic carbocycles. The molecule has 120 valence electrons. The van der Waals surface area contributed by atoms with Gasteiger partial charge in [-0.25, -0.2) is 0 Å². The summed E-state index contributed by atoms with van der Waals surface area (Å²) in [5.41, 5.74) is 5.64. The molecule has 2 N–H and O–H groups in total. The van der Waals surface area contributed by atoms with E-state index >= 15 is 0 Å². The van der Waals surface area contributed by atoms with Gasteiger partial charge in [0.2, 0.25) is 5.91 Å². The van der Waals surface area contributed by atoms with Crippen molar-refractivity contribution in [1.29, 1.82) is 0 Å². The lowest BCUT2D eigenvalue weighted by atomic mass is 9.94. The third-order valence-corrected chi connectivity index (χ3v) is 2.89. The number of halogens is 1.